The number of H-pyrrole nitrogens is 1. The molecular formula is C15H19N3O2. The van der Waals surface area contributed by atoms with Crippen LogP contribution >= 0.6 is 0 Å². The Morgan fingerprint density at radius 2 is 1.75 bits per heavy atom. The molecule has 1 aromatic heterocycles. The highest BCUT2D eigenvalue weighted by atomic mass is 16.5. The molecule has 0 aliphatic heterocycles. The van der Waals surface area contributed by atoms with Gasteiger partial charge in [-0.25, -0.2) is 4.98 Å². The number of hydrogen-bond donors (Lipinski definition) is 1. The van der Waals surface area contributed by atoms with Crippen LogP contribution in [-0.4, -0.2) is 29.4 Å². The van der Waals surface area contributed by atoms with E-state index in [2.05, 4.69) is 15.2 Å². The Morgan fingerprint density at radius 3 is 2.35 bits per heavy atom. The Labute approximate surface area is 118 Å². The average molecular weight is 273 g/mol. The third-order valence-corrected chi connectivity index (χ3v) is 3.90. The van der Waals surface area contributed by atoms with E-state index in [-0.39, 0.29) is 0 Å². The second-order valence-corrected chi connectivity index (χ2v) is 5.06. The minimum Gasteiger partial charge on any atom is -0.496 e. The van der Waals surface area contributed by atoms with Gasteiger partial charge in [-0.3, -0.25) is 5.10 Å². The summed E-state index contributed by atoms with van der Waals surface area (Å²) in [6.07, 6.45) is 4.94. The first-order valence-corrected chi connectivity index (χ1v) is 6.97. The summed E-state index contributed by atoms with van der Waals surface area (Å²) >= 11 is 0. The number of benzene rings is 1. The van der Waals surface area contributed by atoms with Gasteiger partial charge in [0.2, 0.25) is 0 Å². The smallest absolute Gasteiger partial charge is 0.188 e. The lowest BCUT2D eigenvalue weighted by Gasteiger charge is -2.10. The lowest BCUT2D eigenvalue weighted by molar-refractivity contribution is 0.397. The zero-order valence-corrected chi connectivity index (χ0v) is 11.8. The lowest BCUT2D eigenvalue weighted by atomic mass is 10.1. The van der Waals surface area contributed by atoms with Gasteiger partial charge in [-0.2, -0.15) is 5.10 Å². The fourth-order valence-corrected chi connectivity index (χ4v) is 2.84. The van der Waals surface area contributed by atoms with Crippen LogP contribution in [-0.2, 0) is 0 Å². The van der Waals surface area contributed by atoms with Crippen molar-refractivity contribution >= 4 is 0 Å². The molecule has 20 heavy (non-hydrogen) atoms. The Hall–Kier alpha value is -2.04. The van der Waals surface area contributed by atoms with Crippen LogP contribution in [0.25, 0.3) is 11.4 Å². The van der Waals surface area contributed by atoms with Gasteiger partial charge in [-0.1, -0.05) is 18.9 Å². The highest BCUT2D eigenvalue weighted by Crippen LogP contribution is 2.38. The van der Waals surface area contributed by atoms with E-state index in [9.17, 15) is 0 Å². The minimum atomic E-state index is 0.511. The molecule has 2 aromatic rings. The van der Waals surface area contributed by atoms with Crippen molar-refractivity contribution in [1.82, 2.24) is 15.2 Å². The Bertz CT molecular complexity index is 566. The average Bonchev–Trinajstić information content (AvgIpc) is 3.16. The third kappa shape index (κ3) is 2.24. The Kier molecular flexibility index (Phi) is 3.58. The van der Waals surface area contributed by atoms with Gasteiger partial charge in [0.1, 0.15) is 22.9 Å². The van der Waals surface area contributed by atoms with Gasteiger partial charge in [-0.05, 0) is 25.0 Å². The van der Waals surface area contributed by atoms with Gasteiger partial charge in [0, 0.05) is 5.92 Å². The van der Waals surface area contributed by atoms with E-state index in [1.165, 1.54) is 25.7 Å². The standard InChI is InChI=1S/C15H19N3O2/c1-19-11-8-5-9-12(20-2)13(11)15-16-14(17-18-15)10-6-3-4-7-10/h5,8-10H,3-4,6-7H2,1-2H3,(H,16,17,18). The summed E-state index contributed by atoms with van der Waals surface area (Å²) in [5, 5.41) is 7.43. The molecule has 0 unspecified atom stereocenters. The predicted octanol–water partition coefficient (Wildman–Crippen LogP) is 3.15. The fraction of sp³-hybridized carbons (Fsp3) is 0.467. The van der Waals surface area contributed by atoms with Crippen LogP contribution in [0.1, 0.15) is 37.4 Å². The van der Waals surface area contributed by atoms with Gasteiger partial charge in [0.05, 0.1) is 14.2 Å². The molecule has 5 nitrogen and oxygen atoms in total. The highest BCUT2D eigenvalue weighted by Gasteiger charge is 2.23. The molecule has 1 fully saturated rings. The van der Waals surface area contributed by atoms with Crippen molar-refractivity contribution in [2.75, 3.05) is 14.2 Å². The summed E-state index contributed by atoms with van der Waals surface area (Å²) < 4.78 is 10.8. The normalized spacial score (nSPS) is 15.5. The molecule has 1 N–H and O–H groups in total. The summed E-state index contributed by atoms with van der Waals surface area (Å²) in [5.41, 5.74) is 0.804. The maximum atomic E-state index is 5.40. The van der Waals surface area contributed by atoms with E-state index in [0.29, 0.717) is 11.7 Å². The summed E-state index contributed by atoms with van der Waals surface area (Å²) in [7, 11) is 3.28. The van der Waals surface area contributed by atoms with Crippen LogP contribution in [0.15, 0.2) is 18.2 Å². The largest absolute Gasteiger partial charge is 0.496 e. The first-order chi connectivity index (χ1) is 9.83. The monoisotopic (exact) mass is 273 g/mol. The van der Waals surface area contributed by atoms with Crippen LogP contribution in [0.2, 0.25) is 0 Å². The summed E-state index contributed by atoms with van der Waals surface area (Å²) in [6, 6.07) is 5.68. The SMILES string of the molecule is COc1cccc(OC)c1-c1n[nH]c(C2CCCC2)n1. The summed E-state index contributed by atoms with van der Waals surface area (Å²) in [5.74, 6) is 3.58. The van der Waals surface area contributed by atoms with Crippen molar-refractivity contribution in [3.63, 3.8) is 0 Å². The first-order valence-electron chi connectivity index (χ1n) is 6.97. The number of nitrogens with zero attached hydrogens (tertiary/aromatic N) is 2. The molecule has 1 aliphatic carbocycles. The quantitative estimate of drug-likeness (QED) is 0.929. The van der Waals surface area contributed by atoms with E-state index in [0.717, 1.165) is 22.9 Å². The number of aromatic amines is 1. The molecule has 0 saturated heterocycles. The van der Waals surface area contributed by atoms with Crippen LogP contribution in [0, 0.1) is 0 Å². The number of ether oxygens (including phenoxy) is 2. The molecule has 0 amide bonds. The molecule has 0 bridgehead atoms. The third-order valence-electron chi connectivity index (χ3n) is 3.90. The Balaban J connectivity index is 2.00. The summed E-state index contributed by atoms with van der Waals surface area (Å²) in [6.45, 7) is 0. The van der Waals surface area contributed by atoms with Crippen LogP contribution in [0.4, 0.5) is 0 Å². The topological polar surface area (TPSA) is 60.0 Å². The van der Waals surface area contributed by atoms with E-state index in [1.54, 1.807) is 14.2 Å². The van der Waals surface area contributed by atoms with E-state index >= 15 is 0 Å². The van der Waals surface area contributed by atoms with Gasteiger partial charge >= 0.3 is 0 Å². The van der Waals surface area contributed by atoms with Gasteiger partial charge in [0.15, 0.2) is 5.82 Å². The molecule has 1 aliphatic rings. The van der Waals surface area contributed by atoms with Crippen molar-refractivity contribution in [1.29, 1.82) is 0 Å². The Morgan fingerprint density at radius 1 is 1.10 bits per heavy atom. The van der Waals surface area contributed by atoms with Crippen LogP contribution in [0.3, 0.4) is 0 Å². The zero-order chi connectivity index (χ0) is 13.9. The van der Waals surface area contributed by atoms with Crippen molar-refractivity contribution in [2.45, 2.75) is 31.6 Å². The lowest BCUT2D eigenvalue weighted by Crippen LogP contribution is -1.96. The molecular weight excluding hydrogens is 254 g/mol. The summed E-state index contributed by atoms with van der Waals surface area (Å²) in [4.78, 5) is 4.65. The molecule has 5 heteroatoms. The number of aromatic nitrogens is 3. The van der Waals surface area contributed by atoms with Gasteiger partial charge in [-0.15, -0.1) is 0 Å². The number of nitrogens with one attached hydrogen (secondary N) is 1. The molecule has 0 radical (unpaired) electrons. The predicted molar refractivity (Wildman–Crippen MR) is 76.1 cm³/mol. The van der Waals surface area contributed by atoms with Crippen LogP contribution in [0.5, 0.6) is 11.5 Å². The maximum Gasteiger partial charge on any atom is 0.188 e. The van der Waals surface area contributed by atoms with Crippen molar-refractivity contribution in [3.8, 4) is 22.9 Å². The molecule has 106 valence electrons. The highest BCUT2D eigenvalue weighted by molar-refractivity contribution is 5.71. The second kappa shape index (κ2) is 5.53. The van der Waals surface area contributed by atoms with E-state index in [1.807, 2.05) is 18.2 Å². The molecule has 1 aromatic carbocycles. The molecule has 1 saturated carbocycles. The molecule has 1 heterocycles. The second-order valence-electron chi connectivity index (χ2n) is 5.06. The fourth-order valence-electron chi connectivity index (χ4n) is 2.84. The van der Waals surface area contributed by atoms with Crippen molar-refractivity contribution in [2.24, 2.45) is 0 Å². The zero-order valence-electron chi connectivity index (χ0n) is 11.8. The first kappa shape index (κ1) is 13.0. The van der Waals surface area contributed by atoms with Crippen molar-refractivity contribution in [3.05, 3.63) is 24.0 Å². The van der Waals surface area contributed by atoms with Gasteiger partial charge < -0.3 is 9.47 Å². The van der Waals surface area contributed by atoms with E-state index < -0.39 is 0 Å². The number of methoxy groups -OCH3 is 2. The number of rotatable bonds is 4. The maximum absolute atomic E-state index is 5.40. The van der Waals surface area contributed by atoms with Crippen molar-refractivity contribution < 1.29 is 9.47 Å². The molecule has 3 rings (SSSR count). The van der Waals surface area contributed by atoms with Crippen LogP contribution < -0.4 is 9.47 Å². The minimum absolute atomic E-state index is 0.511. The molecule has 0 spiro atoms. The molecule has 0 atom stereocenters. The van der Waals surface area contributed by atoms with E-state index in [4.69, 9.17) is 9.47 Å². The van der Waals surface area contributed by atoms with Gasteiger partial charge in [0.25, 0.3) is 0 Å². The number of hydrogen-bond acceptors (Lipinski definition) is 4.